The lowest BCUT2D eigenvalue weighted by atomic mass is 10.0. The summed E-state index contributed by atoms with van der Waals surface area (Å²) in [6, 6.07) is 0. The van der Waals surface area contributed by atoms with Crippen LogP contribution in [0.2, 0.25) is 0 Å². The second kappa shape index (κ2) is 39.6. The number of rotatable bonds is 40. The molecule has 0 aliphatic heterocycles. The summed E-state index contributed by atoms with van der Waals surface area (Å²) >= 11 is 0. The predicted molar refractivity (Wildman–Crippen MR) is 215 cm³/mol. The van der Waals surface area contributed by atoms with E-state index in [1.54, 1.807) is 0 Å². The molecule has 6 heteroatoms. The van der Waals surface area contributed by atoms with Crippen LogP contribution in [0.25, 0.3) is 0 Å². The molecule has 0 spiro atoms. The highest BCUT2D eigenvalue weighted by Crippen LogP contribution is 2.16. The van der Waals surface area contributed by atoms with Gasteiger partial charge in [-0.05, 0) is 25.2 Å². The highest BCUT2D eigenvalue weighted by Gasteiger charge is 2.19. The zero-order valence-corrected chi connectivity index (χ0v) is 34.6. The van der Waals surface area contributed by atoms with E-state index in [-0.39, 0.29) is 31.1 Å². The summed E-state index contributed by atoms with van der Waals surface area (Å²) in [6.45, 7) is 8.94. The molecule has 0 saturated carbocycles. The number of hydrogen-bond acceptors (Lipinski definition) is 6. The van der Waals surface area contributed by atoms with Crippen molar-refractivity contribution >= 4 is 17.9 Å². The van der Waals surface area contributed by atoms with Gasteiger partial charge < -0.3 is 14.2 Å². The molecule has 0 aliphatic rings. The van der Waals surface area contributed by atoms with Crippen LogP contribution in [0.15, 0.2) is 0 Å². The Labute approximate surface area is 317 Å². The Morgan fingerprint density at radius 3 is 0.961 bits per heavy atom. The number of carbonyl (C=O) groups is 3. The van der Waals surface area contributed by atoms with Crippen LogP contribution in [0, 0.1) is 5.92 Å². The fraction of sp³-hybridized carbons (Fsp3) is 0.933. The molecule has 0 N–H and O–H groups in total. The van der Waals surface area contributed by atoms with E-state index in [9.17, 15) is 14.4 Å². The third-order valence-corrected chi connectivity index (χ3v) is 10.0. The van der Waals surface area contributed by atoms with E-state index in [1.165, 1.54) is 141 Å². The van der Waals surface area contributed by atoms with Gasteiger partial charge in [0.15, 0.2) is 6.10 Å². The van der Waals surface area contributed by atoms with Gasteiger partial charge in [0.2, 0.25) is 0 Å². The van der Waals surface area contributed by atoms with Crippen LogP contribution in [-0.2, 0) is 28.6 Å². The highest BCUT2D eigenvalue weighted by atomic mass is 16.6. The number of carbonyl (C=O) groups excluding carboxylic acids is 3. The van der Waals surface area contributed by atoms with Gasteiger partial charge >= 0.3 is 17.9 Å². The molecule has 0 heterocycles. The average molecular weight is 723 g/mol. The standard InChI is InChI=1S/C45H86O6/c1-5-7-9-11-13-15-16-17-18-20-25-29-33-37-44(47)50-40-42(39-49-43(46)36-32-28-24-19-14-12-10-8-6-2)51-45(48)38-34-30-26-22-21-23-27-31-35-41(3)4/h41-42H,5-40H2,1-4H3/t42-/m1/s1. The van der Waals surface area contributed by atoms with Crippen LogP contribution in [0.4, 0.5) is 0 Å². The summed E-state index contributed by atoms with van der Waals surface area (Å²) in [5.41, 5.74) is 0. The van der Waals surface area contributed by atoms with Crippen molar-refractivity contribution in [3.8, 4) is 0 Å². The second-order valence-corrected chi connectivity index (χ2v) is 15.8. The van der Waals surface area contributed by atoms with Crippen LogP contribution >= 0.6 is 0 Å². The Morgan fingerprint density at radius 2 is 0.647 bits per heavy atom. The highest BCUT2D eigenvalue weighted by molar-refractivity contribution is 5.71. The van der Waals surface area contributed by atoms with E-state index >= 15 is 0 Å². The molecule has 1 atom stereocenters. The topological polar surface area (TPSA) is 78.9 Å². The van der Waals surface area contributed by atoms with Crippen molar-refractivity contribution in [2.24, 2.45) is 5.92 Å². The van der Waals surface area contributed by atoms with Gasteiger partial charge in [-0.2, -0.15) is 0 Å². The van der Waals surface area contributed by atoms with Crippen molar-refractivity contribution in [3.63, 3.8) is 0 Å². The molecule has 6 nitrogen and oxygen atoms in total. The minimum absolute atomic E-state index is 0.0643. The van der Waals surface area contributed by atoms with E-state index in [0.29, 0.717) is 19.3 Å². The van der Waals surface area contributed by atoms with Gasteiger partial charge in [-0.15, -0.1) is 0 Å². The molecule has 0 aromatic heterocycles. The molecule has 0 fully saturated rings. The van der Waals surface area contributed by atoms with Crippen molar-refractivity contribution in [1.82, 2.24) is 0 Å². The minimum Gasteiger partial charge on any atom is -0.462 e. The Morgan fingerprint density at radius 1 is 0.373 bits per heavy atom. The van der Waals surface area contributed by atoms with Crippen molar-refractivity contribution < 1.29 is 28.6 Å². The van der Waals surface area contributed by atoms with Crippen LogP contribution in [-0.4, -0.2) is 37.2 Å². The number of hydrogen-bond donors (Lipinski definition) is 0. The first-order valence-corrected chi connectivity index (χ1v) is 22.4. The normalized spacial score (nSPS) is 11.9. The zero-order valence-electron chi connectivity index (χ0n) is 34.6. The lowest BCUT2D eigenvalue weighted by molar-refractivity contribution is -0.167. The van der Waals surface area contributed by atoms with E-state index < -0.39 is 6.10 Å². The van der Waals surface area contributed by atoms with E-state index in [4.69, 9.17) is 14.2 Å². The van der Waals surface area contributed by atoms with Gasteiger partial charge in [-0.3, -0.25) is 14.4 Å². The molecular formula is C45H86O6. The van der Waals surface area contributed by atoms with Crippen molar-refractivity contribution in [3.05, 3.63) is 0 Å². The third-order valence-electron chi connectivity index (χ3n) is 10.0. The third kappa shape index (κ3) is 39.5. The number of unbranched alkanes of at least 4 members (excludes halogenated alkanes) is 27. The molecule has 51 heavy (non-hydrogen) atoms. The monoisotopic (exact) mass is 723 g/mol. The molecule has 0 saturated heterocycles. The smallest absolute Gasteiger partial charge is 0.306 e. The first-order chi connectivity index (χ1) is 24.9. The fourth-order valence-corrected chi connectivity index (χ4v) is 6.63. The Kier molecular flexibility index (Phi) is 38.4. The molecule has 302 valence electrons. The Hall–Kier alpha value is -1.59. The van der Waals surface area contributed by atoms with E-state index in [1.807, 2.05) is 0 Å². The maximum absolute atomic E-state index is 12.7. The summed E-state index contributed by atoms with van der Waals surface area (Å²) in [6.07, 6.45) is 38.0. The van der Waals surface area contributed by atoms with Gasteiger partial charge in [0.1, 0.15) is 13.2 Å². The quantitative estimate of drug-likeness (QED) is 0.0356. The number of esters is 3. The van der Waals surface area contributed by atoms with Crippen LogP contribution < -0.4 is 0 Å². The van der Waals surface area contributed by atoms with E-state index in [2.05, 4.69) is 27.7 Å². The first-order valence-electron chi connectivity index (χ1n) is 22.4. The molecule has 0 radical (unpaired) electrons. The summed E-state index contributed by atoms with van der Waals surface area (Å²) in [4.78, 5) is 37.6. The average Bonchev–Trinajstić information content (AvgIpc) is 3.11. The summed E-state index contributed by atoms with van der Waals surface area (Å²) < 4.78 is 16.7. The van der Waals surface area contributed by atoms with Crippen molar-refractivity contribution in [1.29, 1.82) is 0 Å². The van der Waals surface area contributed by atoms with Crippen molar-refractivity contribution in [2.45, 2.75) is 252 Å². The molecule has 0 aromatic carbocycles. The predicted octanol–water partition coefficient (Wildman–Crippen LogP) is 13.9. The summed E-state index contributed by atoms with van der Waals surface area (Å²) in [5, 5.41) is 0. The van der Waals surface area contributed by atoms with E-state index in [0.717, 1.165) is 63.7 Å². The van der Waals surface area contributed by atoms with Gasteiger partial charge in [-0.1, -0.05) is 207 Å². The summed E-state index contributed by atoms with van der Waals surface area (Å²) in [7, 11) is 0. The van der Waals surface area contributed by atoms with Crippen LogP contribution in [0.5, 0.6) is 0 Å². The summed E-state index contributed by atoms with van der Waals surface area (Å²) in [5.74, 6) is -0.0658. The molecule has 0 aromatic rings. The van der Waals surface area contributed by atoms with Crippen LogP contribution in [0.3, 0.4) is 0 Å². The maximum atomic E-state index is 12.7. The molecule has 0 aliphatic carbocycles. The molecule has 0 rings (SSSR count). The lowest BCUT2D eigenvalue weighted by Gasteiger charge is -2.18. The molecular weight excluding hydrogens is 636 g/mol. The SMILES string of the molecule is CCCCCCCCCCCCCCCC(=O)OC[C@@H](COC(=O)CCCCCCCCCCC)OC(=O)CCCCCCCCCCC(C)C. The van der Waals surface area contributed by atoms with Crippen LogP contribution in [0.1, 0.15) is 246 Å². The van der Waals surface area contributed by atoms with Crippen molar-refractivity contribution in [2.75, 3.05) is 13.2 Å². The van der Waals surface area contributed by atoms with Gasteiger partial charge in [0, 0.05) is 19.3 Å². The second-order valence-electron chi connectivity index (χ2n) is 15.8. The lowest BCUT2D eigenvalue weighted by Crippen LogP contribution is -2.30. The Balaban J connectivity index is 4.31. The first kappa shape index (κ1) is 49.4. The number of ether oxygens (including phenoxy) is 3. The molecule has 0 amide bonds. The largest absolute Gasteiger partial charge is 0.462 e. The minimum atomic E-state index is -0.758. The zero-order chi connectivity index (χ0) is 37.5. The van der Waals surface area contributed by atoms with Gasteiger partial charge in [0.05, 0.1) is 0 Å². The van der Waals surface area contributed by atoms with Gasteiger partial charge in [-0.25, -0.2) is 0 Å². The molecule has 0 unspecified atom stereocenters. The molecule has 0 bridgehead atoms. The van der Waals surface area contributed by atoms with Gasteiger partial charge in [0.25, 0.3) is 0 Å². The maximum Gasteiger partial charge on any atom is 0.306 e. The fourth-order valence-electron chi connectivity index (χ4n) is 6.63. The Bertz CT molecular complexity index is 766.